The van der Waals surface area contributed by atoms with Crippen LogP contribution in [-0.4, -0.2) is 36.1 Å². The second kappa shape index (κ2) is 11.5. The van der Waals surface area contributed by atoms with Gasteiger partial charge < -0.3 is 9.80 Å². The number of pyridine rings is 2. The van der Waals surface area contributed by atoms with Crippen molar-refractivity contribution in [2.45, 2.75) is 25.7 Å². The zero-order chi connectivity index (χ0) is 25.6. The molecular weight excluding hydrogens is 464 g/mol. The van der Waals surface area contributed by atoms with Crippen LogP contribution in [0.2, 0.25) is 0 Å². The molecule has 0 unspecified atom stereocenters. The Labute approximate surface area is 226 Å². The Morgan fingerprint density at radius 3 is 1.21 bits per heavy atom. The van der Waals surface area contributed by atoms with Gasteiger partial charge >= 0.3 is 0 Å². The second-order valence-electron chi connectivity index (χ2n) is 10.2. The highest BCUT2D eigenvalue weighted by Gasteiger charge is 2.12. The molecule has 0 saturated carbocycles. The molecule has 2 fully saturated rings. The summed E-state index contributed by atoms with van der Waals surface area (Å²) < 4.78 is 0. The summed E-state index contributed by atoms with van der Waals surface area (Å²) in [5.41, 5.74) is 9.02. The molecule has 38 heavy (non-hydrogen) atoms. The summed E-state index contributed by atoms with van der Waals surface area (Å²) in [7, 11) is 0. The maximum absolute atomic E-state index is 4.60. The Morgan fingerprint density at radius 1 is 0.447 bits per heavy atom. The molecule has 0 radical (unpaired) electrons. The van der Waals surface area contributed by atoms with Crippen molar-refractivity contribution in [3.05, 3.63) is 107 Å². The summed E-state index contributed by atoms with van der Waals surface area (Å²) in [6, 6.07) is 26.0. The van der Waals surface area contributed by atoms with E-state index in [2.05, 4.69) is 105 Å². The topological polar surface area (TPSA) is 32.3 Å². The van der Waals surface area contributed by atoms with Gasteiger partial charge in [-0.25, -0.2) is 0 Å². The molecule has 0 bridgehead atoms. The standard InChI is InChI=1S/C34H34N4/c1-2-22-37(21-1)31-13-9-27(10-14-31)5-7-29-17-19-35-33(25-29)34-26-30(18-20-36-34)8-6-28-11-15-32(16-12-28)38-23-3-4-24-38/h5-20,25-26H,1-4,21-24H2/b7-5+,8-6+. The lowest BCUT2D eigenvalue weighted by atomic mass is 10.1. The van der Waals surface area contributed by atoms with E-state index >= 15 is 0 Å². The summed E-state index contributed by atoms with van der Waals surface area (Å²) in [6.45, 7) is 4.69. The van der Waals surface area contributed by atoms with E-state index in [0.29, 0.717) is 0 Å². The van der Waals surface area contributed by atoms with Crippen molar-refractivity contribution in [1.82, 2.24) is 9.97 Å². The predicted octanol–water partition coefficient (Wildman–Crippen LogP) is 7.68. The zero-order valence-corrected chi connectivity index (χ0v) is 21.8. The molecule has 0 atom stereocenters. The molecule has 4 nitrogen and oxygen atoms in total. The number of aromatic nitrogens is 2. The van der Waals surface area contributed by atoms with E-state index in [1.165, 1.54) is 74.4 Å². The van der Waals surface area contributed by atoms with Crippen LogP contribution in [-0.2, 0) is 0 Å². The van der Waals surface area contributed by atoms with Crippen LogP contribution in [0, 0.1) is 0 Å². The minimum Gasteiger partial charge on any atom is -0.372 e. The van der Waals surface area contributed by atoms with E-state index in [1.807, 2.05) is 24.5 Å². The fraction of sp³-hybridized carbons (Fsp3) is 0.235. The third-order valence-electron chi connectivity index (χ3n) is 7.50. The normalized spacial score (nSPS) is 15.8. The Bertz CT molecular complexity index is 1300. The van der Waals surface area contributed by atoms with Crippen molar-refractivity contribution in [3.8, 4) is 11.4 Å². The van der Waals surface area contributed by atoms with Gasteiger partial charge in [0.2, 0.25) is 0 Å². The van der Waals surface area contributed by atoms with Gasteiger partial charge in [0.1, 0.15) is 0 Å². The summed E-state index contributed by atoms with van der Waals surface area (Å²) in [5.74, 6) is 0. The molecule has 2 aromatic heterocycles. The Morgan fingerprint density at radius 2 is 0.816 bits per heavy atom. The number of anilines is 2. The lowest BCUT2D eigenvalue weighted by Gasteiger charge is -2.17. The number of nitrogens with zero attached hydrogens (tertiary/aromatic N) is 4. The van der Waals surface area contributed by atoms with E-state index in [0.717, 1.165) is 22.5 Å². The van der Waals surface area contributed by atoms with Gasteiger partial charge in [-0.15, -0.1) is 0 Å². The van der Waals surface area contributed by atoms with Gasteiger partial charge in [-0.2, -0.15) is 0 Å². The van der Waals surface area contributed by atoms with Crippen LogP contribution >= 0.6 is 0 Å². The van der Waals surface area contributed by atoms with Crippen molar-refractivity contribution in [2.75, 3.05) is 36.0 Å². The first-order valence-corrected chi connectivity index (χ1v) is 13.8. The number of benzene rings is 2. The largest absolute Gasteiger partial charge is 0.372 e. The Balaban J connectivity index is 1.13. The van der Waals surface area contributed by atoms with E-state index in [4.69, 9.17) is 0 Å². The molecule has 0 amide bonds. The molecule has 0 spiro atoms. The van der Waals surface area contributed by atoms with Crippen LogP contribution < -0.4 is 9.80 Å². The first-order valence-electron chi connectivity index (χ1n) is 13.8. The maximum atomic E-state index is 4.60. The van der Waals surface area contributed by atoms with Gasteiger partial charge in [0.25, 0.3) is 0 Å². The van der Waals surface area contributed by atoms with Gasteiger partial charge in [-0.3, -0.25) is 9.97 Å². The molecule has 0 N–H and O–H groups in total. The molecule has 4 heteroatoms. The van der Waals surface area contributed by atoms with Gasteiger partial charge in [-0.05, 0) is 96.5 Å². The first-order chi connectivity index (χ1) is 18.8. The SMILES string of the molecule is C(=C\c1ccnc(-c2cc(/C=C/c3ccc(N4CCCC4)cc3)ccn2)c1)/c1ccc(N2CCCC2)cc1. The molecular formula is C34H34N4. The smallest absolute Gasteiger partial charge is 0.0892 e. The molecule has 6 rings (SSSR count). The average molecular weight is 499 g/mol. The third kappa shape index (κ3) is 5.86. The lowest BCUT2D eigenvalue weighted by molar-refractivity contribution is 0.949. The van der Waals surface area contributed by atoms with E-state index < -0.39 is 0 Å². The van der Waals surface area contributed by atoms with E-state index in [9.17, 15) is 0 Å². The predicted molar refractivity (Wildman–Crippen MR) is 161 cm³/mol. The quantitative estimate of drug-likeness (QED) is 0.261. The van der Waals surface area contributed by atoms with E-state index in [-0.39, 0.29) is 0 Å². The number of hydrogen-bond donors (Lipinski definition) is 0. The highest BCUT2D eigenvalue weighted by molar-refractivity contribution is 5.74. The minimum absolute atomic E-state index is 0.877. The first kappa shape index (κ1) is 24.2. The van der Waals surface area contributed by atoms with Crippen LogP contribution in [0.1, 0.15) is 47.9 Å². The second-order valence-corrected chi connectivity index (χ2v) is 10.2. The molecule has 2 aliphatic heterocycles. The number of rotatable bonds is 7. The monoisotopic (exact) mass is 498 g/mol. The van der Waals surface area contributed by atoms with Gasteiger partial charge in [0.15, 0.2) is 0 Å². The van der Waals surface area contributed by atoms with Crippen LogP contribution in [0.4, 0.5) is 11.4 Å². The highest BCUT2D eigenvalue weighted by atomic mass is 15.1. The highest BCUT2D eigenvalue weighted by Crippen LogP contribution is 2.24. The summed E-state index contributed by atoms with van der Waals surface area (Å²) in [4.78, 5) is 14.1. The van der Waals surface area contributed by atoms with Crippen molar-refractivity contribution < 1.29 is 0 Å². The third-order valence-corrected chi connectivity index (χ3v) is 7.50. The molecule has 2 saturated heterocycles. The number of hydrogen-bond acceptors (Lipinski definition) is 4. The molecule has 190 valence electrons. The van der Waals surface area contributed by atoms with Crippen LogP contribution in [0.25, 0.3) is 35.7 Å². The van der Waals surface area contributed by atoms with Crippen LogP contribution in [0.5, 0.6) is 0 Å². The fourth-order valence-electron chi connectivity index (χ4n) is 5.31. The molecule has 2 aliphatic rings. The van der Waals surface area contributed by atoms with Gasteiger partial charge in [0, 0.05) is 49.9 Å². The van der Waals surface area contributed by atoms with Crippen molar-refractivity contribution in [2.24, 2.45) is 0 Å². The van der Waals surface area contributed by atoms with Crippen molar-refractivity contribution in [1.29, 1.82) is 0 Å². The maximum Gasteiger partial charge on any atom is 0.0892 e. The summed E-state index contributed by atoms with van der Waals surface area (Å²) in [6.07, 6.45) is 17.5. The molecule has 0 aliphatic carbocycles. The van der Waals surface area contributed by atoms with Gasteiger partial charge in [0.05, 0.1) is 11.4 Å². The lowest BCUT2D eigenvalue weighted by Crippen LogP contribution is -2.17. The van der Waals surface area contributed by atoms with Crippen LogP contribution in [0.3, 0.4) is 0 Å². The fourth-order valence-corrected chi connectivity index (χ4v) is 5.31. The van der Waals surface area contributed by atoms with Crippen molar-refractivity contribution in [3.63, 3.8) is 0 Å². The Hall–Kier alpha value is -4.18. The molecule has 4 heterocycles. The van der Waals surface area contributed by atoms with Crippen LogP contribution in [0.15, 0.2) is 85.2 Å². The zero-order valence-electron chi connectivity index (χ0n) is 21.8. The minimum atomic E-state index is 0.877. The average Bonchev–Trinajstić information content (AvgIpc) is 3.72. The van der Waals surface area contributed by atoms with Gasteiger partial charge in [-0.1, -0.05) is 48.6 Å². The summed E-state index contributed by atoms with van der Waals surface area (Å²) >= 11 is 0. The van der Waals surface area contributed by atoms with Crippen molar-refractivity contribution >= 4 is 35.7 Å². The van der Waals surface area contributed by atoms with E-state index in [1.54, 1.807) is 0 Å². The molecule has 2 aromatic carbocycles. The Kier molecular flexibility index (Phi) is 7.30. The molecule has 4 aromatic rings. The summed E-state index contributed by atoms with van der Waals surface area (Å²) in [5, 5.41) is 0.